The summed E-state index contributed by atoms with van der Waals surface area (Å²) in [5, 5.41) is 11.1. The molecule has 0 saturated carbocycles. The molecular formula is C16H13BrN4O2S. The number of thioether (sulfide) groups is 1. The molecule has 8 heteroatoms. The van der Waals surface area contributed by atoms with Crippen molar-refractivity contribution in [2.24, 2.45) is 0 Å². The van der Waals surface area contributed by atoms with E-state index < -0.39 is 0 Å². The van der Waals surface area contributed by atoms with Crippen LogP contribution in [-0.4, -0.2) is 26.8 Å². The number of hydrogen-bond donors (Lipinski definition) is 1. The fraction of sp³-hybridized carbons (Fsp3) is 0.125. The highest BCUT2D eigenvalue weighted by Crippen LogP contribution is 2.24. The molecule has 1 N–H and O–H groups in total. The number of benzene rings is 1. The molecular weight excluding hydrogens is 392 g/mol. The van der Waals surface area contributed by atoms with E-state index in [0.717, 1.165) is 15.6 Å². The van der Waals surface area contributed by atoms with Crippen LogP contribution in [0.5, 0.6) is 0 Å². The summed E-state index contributed by atoms with van der Waals surface area (Å²) >= 11 is 4.56. The van der Waals surface area contributed by atoms with Crippen molar-refractivity contribution in [3.05, 3.63) is 52.6 Å². The highest BCUT2D eigenvalue weighted by atomic mass is 79.9. The molecule has 0 saturated heterocycles. The molecule has 0 bridgehead atoms. The molecule has 0 atom stereocenters. The summed E-state index contributed by atoms with van der Waals surface area (Å²) in [5.41, 5.74) is 1.73. The van der Waals surface area contributed by atoms with Gasteiger partial charge in [0.1, 0.15) is 5.82 Å². The number of carbonyl (C=O) groups excluding carboxylic acids is 1. The molecule has 0 fully saturated rings. The van der Waals surface area contributed by atoms with Gasteiger partial charge in [0.15, 0.2) is 0 Å². The predicted molar refractivity (Wildman–Crippen MR) is 95.8 cm³/mol. The van der Waals surface area contributed by atoms with Gasteiger partial charge in [0.05, 0.1) is 5.75 Å². The van der Waals surface area contributed by atoms with E-state index >= 15 is 0 Å². The first-order valence-corrected chi connectivity index (χ1v) is 8.83. The maximum atomic E-state index is 12.0. The normalized spacial score (nSPS) is 10.6. The highest BCUT2D eigenvalue weighted by molar-refractivity contribution is 9.10. The van der Waals surface area contributed by atoms with Crippen LogP contribution in [0, 0.1) is 6.92 Å². The Morgan fingerprint density at radius 2 is 2.04 bits per heavy atom. The number of anilines is 1. The fourth-order valence-corrected chi connectivity index (χ4v) is 2.72. The summed E-state index contributed by atoms with van der Waals surface area (Å²) in [6.07, 6.45) is 1.64. The van der Waals surface area contributed by atoms with E-state index in [9.17, 15) is 4.79 Å². The molecule has 24 heavy (non-hydrogen) atoms. The van der Waals surface area contributed by atoms with E-state index in [-0.39, 0.29) is 11.7 Å². The third kappa shape index (κ3) is 4.21. The Morgan fingerprint density at radius 1 is 1.25 bits per heavy atom. The fourth-order valence-electron chi connectivity index (χ4n) is 1.89. The molecule has 0 spiro atoms. The van der Waals surface area contributed by atoms with Crippen LogP contribution in [-0.2, 0) is 4.79 Å². The number of rotatable bonds is 5. The number of nitrogens with zero attached hydrogens (tertiary/aromatic N) is 3. The van der Waals surface area contributed by atoms with Gasteiger partial charge in [-0.1, -0.05) is 33.8 Å². The summed E-state index contributed by atoms with van der Waals surface area (Å²) in [7, 11) is 0. The first-order valence-electron chi connectivity index (χ1n) is 7.05. The number of halogens is 1. The molecule has 1 amide bonds. The van der Waals surface area contributed by atoms with Crippen LogP contribution >= 0.6 is 27.7 Å². The van der Waals surface area contributed by atoms with Gasteiger partial charge in [0.2, 0.25) is 11.8 Å². The van der Waals surface area contributed by atoms with Crippen molar-refractivity contribution < 1.29 is 9.21 Å². The van der Waals surface area contributed by atoms with Gasteiger partial charge in [0.25, 0.3) is 5.22 Å². The molecule has 0 aliphatic heterocycles. The van der Waals surface area contributed by atoms with Crippen molar-refractivity contribution in [1.29, 1.82) is 0 Å². The van der Waals surface area contributed by atoms with E-state index in [4.69, 9.17) is 4.42 Å². The number of pyridine rings is 1. The minimum atomic E-state index is -0.176. The van der Waals surface area contributed by atoms with Crippen molar-refractivity contribution in [1.82, 2.24) is 15.2 Å². The number of carbonyl (C=O) groups is 1. The first-order chi connectivity index (χ1) is 11.6. The maximum Gasteiger partial charge on any atom is 0.277 e. The smallest absolute Gasteiger partial charge is 0.277 e. The molecule has 1 aromatic carbocycles. The first kappa shape index (κ1) is 16.7. The number of aryl methyl sites for hydroxylation is 1. The lowest BCUT2D eigenvalue weighted by atomic mass is 10.2. The molecule has 2 heterocycles. The van der Waals surface area contributed by atoms with Gasteiger partial charge < -0.3 is 9.73 Å². The van der Waals surface area contributed by atoms with Gasteiger partial charge >= 0.3 is 0 Å². The maximum absolute atomic E-state index is 12.0. The predicted octanol–water partition coefficient (Wildman–Crippen LogP) is 3.93. The van der Waals surface area contributed by atoms with Crippen molar-refractivity contribution >= 4 is 39.4 Å². The van der Waals surface area contributed by atoms with Crippen LogP contribution in [0.4, 0.5) is 5.82 Å². The summed E-state index contributed by atoms with van der Waals surface area (Å²) in [5.74, 6) is 0.971. The van der Waals surface area contributed by atoms with Gasteiger partial charge in [-0.2, -0.15) is 0 Å². The second-order valence-corrected chi connectivity index (χ2v) is 6.73. The van der Waals surface area contributed by atoms with Gasteiger partial charge in [-0.25, -0.2) is 4.98 Å². The van der Waals surface area contributed by atoms with Crippen LogP contribution in [0.15, 0.2) is 56.7 Å². The Morgan fingerprint density at radius 3 is 2.79 bits per heavy atom. The Labute approximate surface area is 151 Å². The quantitative estimate of drug-likeness (QED) is 0.648. The van der Waals surface area contributed by atoms with Crippen molar-refractivity contribution in [3.63, 3.8) is 0 Å². The van der Waals surface area contributed by atoms with Crippen molar-refractivity contribution in [2.75, 3.05) is 11.1 Å². The van der Waals surface area contributed by atoms with Crippen LogP contribution in [0.25, 0.3) is 11.5 Å². The molecule has 2 aromatic heterocycles. The third-order valence-corrected chi connectivity index (χ3v) is 4.44. The molecule has 0 aliphatic carbocycles. The molecule has 3 aromatic rings. The van der Waals surface area contributed by atoms with Crippen molar-refractivity contribution in [3.8, 4) is 11.5 Å². The molecule has 0 aliphatic rings. The van der Waals surface area contributed by atoms with E-state index in [1.807, 2.05) is 43.3 Å². The molecule has 122 valence electrons. The molecule has 0 unspecified atom stereocenters. The Balaban J connectivity index is 1.58. The summed E-state index contributed by atoms with van der Waals surface area (Å²) < 4.78 is 6.54. The van der Waals surface area contributed by atoms with Crippen molar-refractivity contribution in [2.45, 2.75) is 12.1 Å². The lowest BCUT2D eigenvalue weighted by Crippen LogP contribution is -2.15. The number of hydrogen-bond acceptors (Lipinski definition) is 6. The second-order valence-electron chi connectivity index (χ2n) is 4.89. The minimum absolute atomic E-state index is 0.165. The monoisotopic (exact) mass is 404 g/mol. The van der Waals surface area contributed by atoms with Gasteiger partial charge in [-0.05, 0) is 42.8 Å². The Kier molecular flexibility index (Phi) is 5.27. The molecule has 3 rings (SSSR count). The zero-order valence-corrected chi connectivity index (χ0v) is 15.1. The molecule has 6 nitrogen and oxygen atoms in total. The highest BCUT2D eigenvalue weighted by Gasteiger charge is 2.12. The topological polar surface area (TPSA) is 80.9 Å². The van der Waals surface area contributed by atoms with E-state index in [0.29, 0.717) is 16.9 Å². The van der Waals surface area contributed by atoms with E-state index in [2.05, 4.69) is 36.4 Å². The van der Waals surface area contributed by atoms with Gasteiger partial charge in [-0.15, -0.1) is 10.2 Å². The SMILES string of the molecule is Cc1cccnc1NC(=O)CSc1nnc(-c2ccc(Br)cc2)o1. The average Bonchev–Trinajstić information content (AvgIpc) is 3.05. The van der Waals surface area contributed by atoms with Crippen LogP contribution in [0.1, 0.15) is 5.56 Å². The largest absolute Gasteiger partial charge is 0.411 e. The van der Waals surface area contributed by atoms with E-state index in [1.54, 1.807) is 6.20 Å². The lowest BCUT2D eigenvalue weighted by Gasteiger charge is -2.05. The lowest BCUT2D eigenvalue weighted by molar-refractivity contribution is -0.113. The standard InChI is InChI=1S/C16H13BrN4O2S/c1-10-3-2-8-18-14(10)19-13(22)9-24-16-21-20-15(23-16)11-4-6-12(17)7-5-11/h2-8H,9H2,1H3,(H,18,19,22). The third-order valence-electron chi connectivity index (χ3n) is 3.09. The summed E-state index contributed by atoms with van der Waals surface area (Å²) in [6.45, 7) is 1.89. The molecule has 0 radical (unpaired) electrons. The van der Waals surface area contributed by atoms with Gasteiger partial charge in [0, 0.05) is 16.2 Å². The number of amides is 1. The van der Waals surface area contributed by atoms with Crippen LogP contribution in [0.2, 0.25) is 0 Å². The summed E-state index contributed by atoms with van der Waals surface area (Å²) in [6, 6.07) is 11.3. The zero-order chi connectivity index (χ0) is 16.9. The average molecular weight is 405 g/mol. The number of nitrogens with one attached hydrogen (secondary N) is 1. The van der Waals surface area contributed by atoms with Crippen LogP contribution in [0.3, 0.4) is 0 Å². The zero-order valence-electron chi connectivity index (χ0n) is 12.7. The Bertz CT molecular complexity index is 851. The van der Waals surface area contributed by atoms with Gasteiger partial charge in [-0.3, -0.25) is 4.79 Å². The van der Waals surface area contributed by atoms with Crippen LogP contribution < -0.4 is 5.32 Å². The van der Waals surface area contributed by atoms with E-state index in [1.165, 1.54) is 11.8 Å². The summed E-state index contributed by atoms with van der Waals surface area (Å²) in [4.78, 5) is 16.1. The number of aromatic nitrogens is 3. The minimum Gasteiger partial charge on any atom is -0.411 e. The second kappa shape index (κ2) is 7.59. The Hall–Kier alpha value is -2.19.